The molecule has 0 saturated heterocycles. The molecule has 0 N–H and O–H groups in total. The van der Waals surface area contributed by atoms with Gasteiger partial charge in [-0.3, -0.25) is 0 Å². The molecular formula is C9H11ClS. The number of alkyl halides is 1. The van der Waals surface area contributed by atoms with E-state index in [2.05, 4.69) is 17.5 Å². The number of rotatable bonds is 3. The first-order valence-corrected chi connectivity index (χ1v) is 5.34. The molecule has 1 heterocycles. The number of thiophene rings is 1. The summed E-state index contributed by atoms with van der Waals surface area (Å²) in [6.45, 7) is 0. The summed E-state index contributed by atoms with van der Waals surface area (Å²) in [5, 5.41) is 2.51. The lowest BCUT2D eigenvalue weighted by atomic mass is 10.2. The maximum absolute atomic E-state index is 6.18. The molecule has 1 aromatic rings. The molecule has 0 nitrogen and oxygen atoms in total. The predicted molar refractivity (Wildman–Crippen MR) is 50.4 cm³/mol. The van der Waals surface area contributed by atoms with Crippen molar-refractivity contribution in [1.82, 2.24) is 0 Å². The minimum absolute atomic E-state index is 0.397. The Bertz CT molecular complexity index is 213. The molecule has 0 bridgehead atoms. The lowest BCUT2D eigenvalue weighted by Crippen LogP contribution is -2.03. The van der Waals surface area contributed by atoms with Gasteiger partial charge in [0.15, 0.2) is 0 Å². The van der Waals surface area contributed by atoms with Gasteiger partial charge in [-0.25, -0.2) is 0 Å². The molecule has 2 rings (SSSR count). The summed E-state index contributed by atoms with van der Waals surface area (Å²) >= 11 is 7.99. The molecule has 60 valence electrons. The molecule has 0 amide bonds. The van der Waals surface area contributed by atoms with Crippen LogP contribution in [0.15, 0.2) is 17.5 Å². The van der Waals surface area contributed by atoms with Gasteiger partial charge in [0.05, 0.1) is 0 Å². The fraction of sp³-hybridized carbons (Fsp3) is 0.556. The summed E-state index contributed by atoms with van der Waals surface area (Å²) in [6, 6.07) is 4.26. The highest BCUT2D eigenvalue weighted by Gasteiger charge is 2.29. The van der Waals surface area contributed by atoms with Crippen molar-refractivity contribution in [2.75, 3.05) is 0 Å². The van der Waals surface area contributed by atoms with Gasteiger partial charge in [-0.05, 0) is 36.6 Å². The van der Waals surface area contributed by atoms with Crippen LogP contribution in [0.25, 0.3) is 0 Å². The molecule has 1 saturated carbocycles. The number of halogens is 1. The van der Waals surface area contributed by atoms with E-state index in [1.807, 2.05) is 11.3 Å². The molecule has 1 aromatic heterocycles. The molecule has 11 heavy (non-hydrogen) atoms. The molecular weight excluding hydrogens is 176 g/mol. The van der Waals surface area contributed by atoms with Crippen LogP contribution in [0.5, 0.6) is 0 Å². The average Bonchev–Trinajstić information content (AvgIpc) is 2.73. The SMILES string of the molecule is ClC(Cc1cccs1)C1CC1. The normalized spacial score (nSPS) is 20.1. The van der Waals surface area contributed by atoms with Gasteiger partial charge >= 0.3 is 0 Å². The van der Waals surface area contributed by atoms with E-state index in [4.69, 9.17) is 11.6 Å². The molecule has 0 spiro atoms. The maximum Gasteiger partial charge on any atom is 0.0412 e. The maximum atomic E-state index is 6.18. The van der Waals surface area contributed by atoms with Crippen LogP contribution >= 0.6 is 22.9 Å². The number of hydrogen-bond acceptors (Lipinski definition) is 1. The molecule has 2 heteroatoms. The van der Waals surface area contributed by atoms with Gasteiger partial charge in [0.25, 0.3) is 0 Å². The Morgan fingerprint density at radius 2 is 2.45 bits per heavy atom. The van der Waals surface area contributed by atoms with Gasteiger partial charge in [0.2, 0.25) is 0 Å². The van der Waals surface area contributed by atoms with Crippen LogP contribution in [-0.4, -0.2) is 5.38 Å². The molecule has 1 atom stereocenters. The minimum atomic E-state index is 0.397. The van der Waals surface area contributed by atoms with Crippen molar-refractivity contribution in [1.29, 1.82) is 0 Å². The van der Waals surface area contributed by atoms with Crippen LogP contribution in [0.4, 0.5) is 0 Å². The minimum Gasteiger partial charge on any atom is -0.149 e. The van der Waals surface area contributed by atoms with Crippen LogP contribution in [-0.2, 0) is 6.42 Å². The zero-order chi connectivity index (χ0) is 7.68. The van der Waals surface area contributed by atoms with Gasteiger partial charge in [-0.2, -0.15) is 0 Å². The third-order valence-corrected chi connectivity index (χ3v) is 3.52. The summed E-state index contributed by atoms with van der Waals surface area (Å²) in [7, 11) is 0. The van der Waals surface area contributed by atoms with Crippen LogP contribution in [0.2, 0.25) is 0 Å². The highest BCUT2D eigenvalue weighted by Crippen LogP contribution is 2.37. The van der Waals surface area contributed by atoms with Crippen LogP contribution < -0.4 is 0 Å². The molecule has 1 fully saturated rings. The Hall–Kier alpha value is -0.0100. The van der Waals surface area contributed by atoms with E-state index in [0.29, 0.717) is 5.38 Å². The average molecular weight is 187 g/mol. The van der Waals surface area contributed by atoms with E-state index in [9.17, 15) is 0 Å². The van der Waals surface area contributed by atoms with Crippen LogP contribution in [0.1, 0.15) is 17.7 Å². The second kappa shape index (κ2) is 3.16. The quantitative estimate of drug-likeness (QED) is 0.636. The zero-order valence-electron chi connectivity index (χ0n) is 6.29. The summed E-state index contributed by atoms with van der Waals surface area (Å²) in [5.74, 6) is 0.818. The number of hydrogen-bond donors (Lipinski definition) is 0. The Morgan fingerprint density at radius 1 is 1.64 bits per heavy atom. The summed E-state index contributed by atoms with van der Waals surface area (Å²) < 4.78 is 0. The fourth-order valence-corrected chi connectivity index (χ4v) is 2.52. The van der Waals surface area contributed by atoms with Crippen molar-refractivity contribution < 1.29 is 0 Å². The van der Waals surface area contributed by atoms with E-state index in [-0.39, 0.29) is 0 Å². The predicted octanol–water partition coefficient (Wildman–Crippen LogP) is 3.31. The van der Waals surface area contributed by atoms with Gasteiger partial charge < -0.3 is 0 Å². The van der Waals surface area contributed by atoms with E-state index < -0.39 is 0 Å². The second-order valence-corrected chi connectivity index (χ2v) is 4.73. The van der Waals surface area contributed by atoms with Crippen molar-refractivity contribution in [3.05, 3.63) is 22.4 Å². The first kappa shape index (κ1) is 7.63. The first-order valence-electron chi connectivity index (χ1n) is 4.03. The standard InChI is InChI=1S/C9H11ClS/c10-9(7-3-4-7)6-8-2-1-5-11-8/h1-2,5,7,9H,3-4,6H2. The highest BCUT2D eigenvalue weighted by molar-refractivity contribution is 7.09. The zero-order valence-corrected chi connectivity index (χ0v) is 7.87. The van der Waals surface area contributed by atoms with Crippen molar-refractivity contribution in [3.8, 4) is 0 Å². The van der Waals surface area contributed by atoms with Crippen molar-refractivity contribution >= 4 is 22.9 Å². The largest absolute Gasteiger partial charge is 0.149 e. The molecule has 0 radical (unpaired) electrons. The van der Waals surface area contributed by atoms with Gasteiger partial charge in [0.1, 0.15) is 0 Å². The first-order chi connectivity index (χ1) is 5.36. The lowest BCUT2D eigenvalue weighted by molar-refractivity contribution is 0.744. The Morgan fingerprint density at radius 3 is 3.00 bits per heavy atom. The van der Waals surface area contributed by atoms with Crippen molar-refractivity contribution in [2.24, 2.45) is 5.92 Å². The fourth-order valence-electron chi connectivity index (χ4n) is 1.25. The summed E-state index contributed by atoms with van der Waals surface area (Å²) in [6.07, 6.45) is 3.77. The third kappa shape index (κ3) is 1.97. The van der Waals surface area contributed by atoms with E-state index in [1.165, 1.54) is 17.7 Å². The van der Waals surface area contributed by atoms with Gasteiger partial charge in [0, 0.05) is 10.3 Å². The van der Waals surface area contributed by atoms with Crippen LogP contribution in [0.3, 0.4) is 0 Å². The molecule has 1 aliphatic rings. The van der Waals surface area contributed by atoms with E-state index >= 15 is 0 Å². The summed E-state index contributed by atoms with van der Waals surface area (Å²) in [5.41, 5.74) is 0. The van der Waals surface area contributed by atoms with E-state index in [1.54, 1.807) is 0 Å². The Kier molecular flexibility index (Phi) is 2.19. The highest BCUT2D eigenvalue weighted by atomic mass is 35.5. The smallest absolute Gasteiger partial charge is 0.0412 e. The Balaban J connectivity index is 1.89. The monoisotopic (exact) mass is 186 g/mol. The van der Waals surface area contributed by atoms with Crippen molar-refractivity contribution in [2.45, 2.75) is 24.6 Å². The molecule has 1 unspecified atom stereocenters. The molecule has 1 aliphatic carbocycles. The summed E-state index contributed by atoms with van der Waals surface area (Å²) in [4.78, 5) is 1.43. The topological polar surface area (TPSA) is 0 Å². The lowest BCUT2D eigenvalue weighted by Gasteiger charge is -2.03. The van der Waals surface area contributed by atoms with Crippen LogP contribution in [0, 0.1) is 5.92 Å². The third-order valence-electron chi connectivity index (χ3n) is 2.11. The Labute approximate surface area is 76.2 Å². The van der Waals surface area contributed by atoms with Crippen molar-refractivity contribution in [3.63, 3.8) is 0 Å². The van der Waals surface area contributed by atoms with E-state index in [0.717, 1.165) is 12.3 Å². The second-order valence-electron chi connectivity index (χ2n) is 3.14. The molecule has 0 aliphatic heterocycles. The van der Waals surface area contributed by atoms with Gasteiger partial charge in [-0.1, -0.05) is 6.07 Å². The molecule has 0 aromatic carbocycles. The van der Waals surface area contributed by atoms with Gasteiger partial charge in [-0.15, -0.1) is 22.9 Å².